The topological polar surface area (TPSA) is 108 Å². The van der Waals surface area contributed by atoms with E-state index in [1.807, 2.05) is 0 Å². The first-order chi connectivity index (χ1) is 11.1. The molecule has 0 aliphatic heterocycles. The Kier molecular flexibility index (Phi) is 8.87. The number of rotatable bonds is 8. The Bertz CT molecular complexity index is 544. The van der Waals surface area contributed by atoms with Gasteiger partial charge in [-0.2, -0.15) is 8.42 Å². The number of amides is 1. The third-order valence-electron chi connectivity index (χ3n) is 2.57. The van der Waals surface area contributed by atoms with Crippen molar-refractivity contribution in [2.45, 2.75) is 78.0 Å². The molecule has 0 saturated heterocycles. The second-order valence-corrected chi connectivity index (χ2v) is 9.40. The molecule has 1 N–H and O–H groups in total. The number of ether oxygens (including phenoxy) is 2. The number of alkyl carbamates (subject to hydrolysis) is 1. The summed E-state index contributed by atoms with van der Waals surface area (Å²) in [6.45, 7) is 10.4. The molecule has 0 radical (unpaired) electrons. The SMILES string of the molecule is CC(C)(C)OC(=O)NC(CCCCOS(C)(=O)=O)C(=O)OC(C)(C)C. The molecule has 0 aromatic carbocycles. The van der Waals surface area contributed by atoms with Crippen molar-refractivity contribution in [2.24, 2.45) is 0 Å². The molecular weight excluding hydrogens is 350 g/mol. The molecule has 0 aliphatic carbocycles. The fourth-order valence-corrected chi connectivity index (χ4v) is 2.15. The Morgan fingerprint density at radius 3 is 1.92 bits per heavy atom. The fourth-order valence-electron chi connectivity index (χ4n) is 1.73. The summed E-state index contributed by atoms with van der Waals surface area (Å²) in [5.41, 5.74) is -1.38. The minimum atomic E-state index is -3.49. The summed E-state index contributed by atoms with van der Waals surface area (Å²) in [5.74, 6) is -0.567. The Balaban J connectivity index is 4.68. The number of esters is 1. The second kappa shape index (κ2) is 9.38. The molecule has 148 valence electrons. The first-order valence-corrected chi connectivity index (χ1v) is 9.97. The van der Waals surface area contributed by atoms with Gasteiger partial charge in [0, 0.05) is 0 Å². The maximum Gasteiger partial charge on any atom is 0.408 e. The molecule has 1 atom stereocenters. The van der Waals surface area contributed by atoms with E-state index in [2.05, 4.69) is 9.50 Å². The van der Waals surface area contributed by atoms with Gasteiger partial charge < -0.3 is 14.8 Å². The van der Waals surface area contributed by atoms with E-state index in [0.717, 1.165) is 6.26 Å². The van der Waals surface area contributed by atoms with E-state index >= 15 is 0 Å². The summed E-state index contributed by atoms with van der Waals surface area (Å²) in [6, 6.07) is -0.882. The van der Waals surface area contributed by atoms with Crippen molar-refractivity contribution >= 4 is 22.2 Å². The second-order valence-electron chi connectivity index (χ2n) is 7.75. The first kappa shape index (κ1) is 23.6. The Labute approximate surface area is 150 Å². The zero-order valence-corrected chi connectivity index (χ0v) is 17.0. The van der Waals surface area contributed by atoms with Gasteiger partial charge >= 0.3 is 12.1 Å². The molecule has 9 heteroatoms. The van der Waals surface area contributed by atoms with Crippen LogP contribution in [0.2, 0.25) is 0 Å². The summed E-state index contributed by atoms with van der Waals surface area (Å²) >= 11 is 0. The van der Waals surface area contributed by atoms with Crippen LogP contribution in [-0.2, 0) is 28.6 Å². The van der Waals surface area contributed by atoms with Gasteiger partial charge in [0.15, 0.2) is 0 Å². The standard InChI is InChI=1S/C16H31NO7S/c1-15(2,3)23-13(18)12(17-14(19)24-16(4,5)6)10-8-9-11-22-25(7,20)21/h12H,8-11H2,1-7H3,(H,17,19). The van der Waals surface area contributed by atoms with Crippen LogP contribution >= 0.6 is 0 Å². The third kappa shape index (κ3) is 14.7. The smallest absolute Gasteiger partial charge is 0.408 e. The lowest BCUT2D eigenvalue weighted by molar-refractivity contribution is -0.157. The normalized spacial score (nSPS) is 13.9. The highest BCUT2D eigenvalue weighted by Gasteiger charge is 2.28. The summed E-state index contributed by atoms with van der Waals surface area (Å²) in [5, 5.41) is 2.51. The van der Waals surface area contributed by atoms with Gasteiger partial charge in [-0.3, -0.25) is 4.18 Å². The third-order valence-corrected chi connectivity index (χ3v) is 3.16. The van der Waals surface area contributed by atoms with Crippen molar-refractivity contribution in [3.8, 4) is 0 Å². The molecule has 0 heterocycles. The number of nitrogens with one attached hydrogen (secondary N) is 1. The van der Waals surface area contributed by atoms with Crippen LogP contribution in [-0.4, -0.2) is 50.6 Å². The maximum absolute atomic E-state index is 12.3. The first-order valence-electron chi connectivity index (χ1n) is 8.16. The van der Waals surface area contributed by atoms with Crippen LogP contribution in [0.15, 0.2) is 0 Å². The summed E-state index contributed by atoms with van der Waals surface area (Å²) in [7, 11) is -3.49. The van der Waals surface area contributed by atoms with Crippen LogP contribution in [0, 0.1) is 0 Å². The van der Waals surface area contributed by atoms with Crippen LogP contribution in [0.25, 0.3) is 0 Å². The van der Waals surface area contributed by atoms with Crippen LogP contribution < -0.4 is 5.32 Å². The maximum atomic E-state index is 12.3. The van der Waals surface area contributed by atoms with E-state index in [9.17, 15) is 18.0 Å². The Morgan fingerprint density at radius 1 is 0.960 bits per heavy atom. The molecule has 25 heavy (non-hydrogen) atoms. The van der Waals surface area contributed by atoms with E-state index in [4.69, 9.17) is 9.47 Å². The largest absolute Gasteiger partial charge is 0.458 e. The Hall–Kier alpha value is -1.35. The molecule has 0 bridgehead atoms. The molecule has 0 aliphatic rings. The molecule has 1 unspecified atom stereocenters. The van der Waals surface area contributed by atoms with Crippen LogP contribution in [0.5, 0.6) is 0 Å². The van der Waals surface area contributed by atoms with Gasteiger partial charge in [-0.15, -0.1) is 0 Å². The van der Waals surface area contributed by atoms with Gasteiger partial charge in [0.25, 0.3) is 10.1 Å². The number of carbonyl (C=O) groups is 2. The predicted molar refractivity (Wildman–Crippen MR) is 93.6 cm³/mol. The zero-order valence-electron chi connectivity index (χ0n) is 16.2. The van der Waals surface area contributed by atoms with E-state index in [1.165, 1.54) is 0 Å². The predicted octanol–water partition coefficient (Wildman–Crippen LogP) is 2.37. The van der Waals surface area contributed by atoms with E-state index in [1.54, 1.807) is 41.5 Å². The Morgan fingerprint density at radius 2 is 1.48 bits per heavy atom. The van der Waals surface area contributed by atoms with Gasteiger partial charge in [0.2, 0.25) is 0 Å². The minimum Gasteiger partial charge on any atom is -0.458 e. The molecule has 1 amide bonds. The lowest BCUT2D eigenvalue weighted by Gasteiger charge is -2.26. The van der Waals surface area contributed by atoms with Crippen LogP contribution in [0.3, 0.4) is 0 Å². The average Bonchev–Trinajstić information content (AvgIpc) is 2.30. The molecule has 0 aromatic heterocycles. The van der Waals surface area contributed by atoms with Gasteiger partial charge in [-0.1, -0.05) is 0 Å². The van der Waals surface area contributed by atoms with Crippen LogP contribution in [0.1, 0.15) is 60.8 Å². The quantitative estimate of drug-likeness (QED) is 0.390. The molecular formula is C16H31NO7S. The number of unbranched alkanes of at least 4 members (excludes halogenated alkanes) is 1. The van der Waals surface area contributed by atoms with Gasteiger partial charge in [-0.25, -0.2) is 9.59 Å². The van der Waals surface area contributed by atoms with Gasteiger partial charge in [-0.05, 0) is 60.8 Å². The highest BCUT2D eigenvalue weighted by Crippen LogP contribution is 2.13. The lowest BCUT2D eigenvalue weighted by atomic mass is 10.1. The van der Waals surface area contributed by atoms with E-state index in [0.29, 0.717) is 12.8 Å². The van der Waals surface area contributed by atoms with Gasteiger partial charge in [0.05, 0.1) is 12.9 Å². The number of hydrogen-bond acceptors (Lipinski definition) is 7. The summed E-state index contributed by atoms with van der Waals surface area (Å²) < 4.78 is 36.9. The molecule has 0 fully saturated rings. The molecule has 8 nitrogen and oxygen atoms in total. The minimum absolute atomic E-state index is 0.0201. The summed E-state index contributed by atoms with van der Waals surface area (Å²) in [6.07, 6.45) is 1.43. The van der Waals surface area contributed by atoms with Crippen molar-refractivity contribution in [1.82, 2.24) is 5.32 Å². The lowest BCUT2D eigenvalue weighted by Crippen LogP contribution is -2.46. The van der Waals surface area contributed by atoms with Crippen molar-refractivity contribution in [1.29, 1.82) is 0 Å². The number of hydrogen-bond donors (Lipinski definition) is 1. The zero-order chi connectivity index (χ0) is 19.9. The molecule has 0 saturated carbocycles. The highest BCUT2D eigenvalue weighted by molar-refractivity contribution is 7.85. The summed E-state index contributed by atoms with van der Waals surface area (Å²) in [4.78, 5) is 24.2. The van der Waals surface area contributed by atoms with Crippen molar-refractivity contribution in [3.63, 3.8) is 0 Å². The molecule has 0 aromatic rings. The highest BCUT2D eigenvalue weighted by atomic mass is 32.2. The molecule has 0 spiro atoms. The van der Waals surface area contributed by atoms with Crippen molar-refractivity contribution < 1.29 is 31.7 Å². The van der Waals surface area contributed by atoms with E-state index < -0.39 is 39.4 Å². The molecule has 0 rings (SSSR count). The van der Waals surface area contributed by atoms with Crippen molar-refractivity contribution in [2.75, 3.05) is 12.9 Å². The average molecular weight is 381 g/mol. The van der Waals surface area contributed by atoms with Gasteiger partial charge in [0.1, 0.15) is 17.2 Å². The fraction of sp³-hybridized carbons (Fsp3) is 0.875. The van der Waals surface area contributed by atoms with Crippen LogP contribution in [0.4, 0.5) is 4.79 Å². The number of carbonyl (C=O) groups excluding carboxylic acids is 2. The van der Waals surface area contributed by atoms with E-state index in [-0.39, 0.29) is 13.0 Å². The monoisotopic (exact) mass is 381 g/mol. The van der Waals surface area contributed by atoms with Crippen molar-refractivity contribution in [3.05, 3.63) is 0 Å².